The normalized spacial score (nSPS) is 18.6. The molecule has 0 amide bonds. The number of nitrogens with zero attached hydrogens (tertiary/aromatic N) is 3. The Labute approximate surface area is 259 Å². The molecule has 5 heteroatoms. The van der Waals surface area contributed by atoms with Gasteiger partial charge in [0, 0.05) is 54.4 Å². The third-order valence-corrected chi connectivity index (χ3v) is 9.10. The topological polar surface area (TPSA) is 28.1 Å². The Morgan fingerprint density at radius 3 is 2.36 bits per heavy atom. The van der Waals surface area contributed by atoms with Gasteiger partial charge in [0.05, 0.1) is 24.1 Å². The molecule has 2 aliphatic rings. The van der Waals surface area contributed by atoms with E-state index >= 15 is 0 Å². The van der Waals surface area contributed by atoms with Crippen molar-refractivity contribution >= 4 is 27.9 Å². The van der Waals surface area contributed by atoms with E-state index < -0.39 is 0 Å². The molecule has 0 N–H and O–H groups in total. The van der Waals surface area contributed by atoms with Gasteiger partial charge in [0.15, 0.2) is 0 Å². The summed E-state index contributed by atoms with van der Waals surface area (Å²) in [5.74, 6) is -0.188. The lowest BCUT2D eigenvalue weighted by Gasteiger charge is -2.42. The molecule has 5 aromatic rings. The van der Waals surface area contributed by atoms with Gasteiger partial charge in [-0.3, -0.25) is 4.90 Å². The summed E-state index contributed by atoms with van der Waals surface area (Å²) >= 11 is 0. The Morgan fingerprint density at radius 1 is 0.841 bits per heavy atom. The number of piperazine rings is 1. The highest BCUT2D eigenvalue weighted by Crippen LogP contribution is 2.34. The summed E-state index contributed by atoms with van der Waals surface area (Å²) in [5.41, 5.74) is 8.02. The van der Waals surface area contributed by atoms with E-state index in [9.17, 15) is 4.39 Å². The molecule has 2 aliphatic heterocycles. The number of anilines is 1. The SMILES string of the molecule is C[C@@H]1CN(c2cccc3cc(F)ccc23)CCN1CC[C@@H]1OCCc2cc(N=C(c3ccccc3)c3ccccc3)ccc21. The van der Waals surface area contributed by atoms with Crippen LogP contribution in [0.5, 0.6) is 0 Å². The van der Waals surface area contributed by atoms with Crippen molar-refractivity contribution in [2.24, 2.45) is 4.99 Å². The third-order valence-electron chi connectivity index (χ3n) is 9.10. The van der Waals surface area contributed by atoms with Crippen LogP contribution in [0.15, 0.2) is 120 Å². The quantitative estimate of drug-likeness (QED) is 0.180. The van der Waals surface area contributed by atoms with Gasteiger partial charge in [0.25, 0.3) is 0 Å². The lowest BCUT2D eigenvalue weighted by atomic mass is 9.94. The number of rotatable bonds is 7. The Morgan fingerprint density at radius 2 is 1.61 bits per heavy atom. The summed E-state index contributed by atoms with van der Waals surface area (Å²) < 4.78 is 20.2. The fourth-order valence-electron chi connectivity index (χ4n) is 6.79. The molecule has 0 aromatic heterocycles. The summed E-state index contributed by atoms with van der Waals surface area (Å²) in [6.07, 6.45) is 1.97. The zero-order chi connectivity index (χ0) is 29.9. The van der Waals surface area contributed by atoms with Gasteiger partial charge in [-0.05, 0) is 72.7 Å². The van der Waals surface area contributed by atoms with E-state index in [1.54, 1.807) is 12.1 Å². The standard InChI is InChI=1S/C39H38FN3O/c1-28-27-43(37-14-8-13-31-25-33(40)15-17-35(31)37)23-22-42(28)21-19-38-36-18-16-34(26-32(36)20-24-44-38)41-39(29-9-4-2-5-10-29)30-11-6-3-7-12-30/h2-18,25-26,28,38H,19-24,27H2,1H3/t28-,38+/m1/s1. The average molecular weight is 584 g/mol. The number of aliphatic imine (C=N–C) groups is 1. The Bertz CT molecular complexity index is 1730. The number of benzene rings is 5. The van der Waals surface area contributed by atoms with Gasteiger partial charge in [-0.15, -0.1) is 0 Å². The van der Waals surface area contributed by atoms with Crippen molar-refractivity contribution in [1.29, 1.82) is 0 Å². The molecular formula is C39H38FN3O. The van der Waals surface area contributed by atoms with Crippen molar-refractivity contribution in [2.75, 3.05) is 37.7 Å². The first-order chi connectivity index (χ1) is 21.6. The molecule has 44 heavy (non-hydrogen) atoms. The molecule has 0 aliphatic carbocycles. The lowest BCUT2D eigenvalue weighted by molar-refractivity contribution is 0.0255. The fourth-order valence-corrected chi connectivity index (χ4v) is 6.79. The van der Waals surface area contributed by atoms with Crippen molar-refractivity contribution in [3.63, 3.8) is 0 Å². The molecule has 5 aromatic carbocycles. The molecule has 0 unspecified atom stereocenters. The first-order valence-corrected chi connectivity index (χ1v) is 15.7. The molecule has 0 saturated carbocycles. The first-order valence-electron chi connectivity index (χ1n) is 15.7. The van der Waals surface area contributed by atoms with E-state index in [1.165, 1.54) is 16.8 Å². The summed E-state index contributed by atoms with van der Waals surface area (Å²) in [5, 5.41) is 2.07. The van der Waals surface area contributed by atoms with E-state index in [0.29, 0.717) is 6.04 Å². The minimum atomic E-state index is -0.188. The first kappa shape index (κ1) is 28.5. The van der Waals surface area contributed by atoms with Crippen molar-refractivity contribution in [3.8, 4) is 0 Å². The number of halogens is 1. The Kier molecular flexibility index (Phi) is 8.23. The number of hydrogen-bond acceptors (Lipinski definition) is 4. The van der Waals surface area contributed by atoms with E-state index in [1.807, 2.05) is 30.3 Å². The maximum absolute atomic E-state index is 13.8. The molecule has 2 atom stereocenters. The van der Waals surface area contributed by atoms with Crippen LogP contribution in [-0.4, -0.2) is 49.4 Å². The second-order valence-electron chi connectivity index (χ2n) is 11.9. The summed E-state index contributed by atoms with van der Waals surface area (Å²) in [4.78, 5) is 10.2. The van der Waals surface area contributed by atoms with Crippen molar-refractivity contribution in [2.45, 2.75) is 31.9 Å². The second kappa shape index (κ2) is 12.7. The largest absolute Gasteiger partial charge is 0.373 e. The van der Waals surface area contributed by atoms with Crippen LogP contribution < -0.4 is 4.90 Å². The highest BCUT2D eigenvalue weighted by Gasteiger charge is 2.27. The Balaban J connectivity index is 1.04. The zero-order valence-electron chi connectivity index (χ0n) is 25.2. The number of hydrogen-bond donors (Lipinski definition) is 0. The minimum Gasteiger partial charge on any atom is -0.373 e. The lowest BCUT2D eigenvalue weighted by Crippen LogP contribution is -2.52. The van der Waals surface area contributed by atoms with Crippen molar-refractivity contribution in [3.05, 3.63) is 143 Å². The van der Waals surface area contributed by atoms with Crippen LogP contribution in [0.4, 0.5) is 15.8 Å². The van der Waals surface area contributed by atoms with E-state index in [-0.39, 0.29) is 11.9 Å². The van der Waals surface area contributed by atoms with Gasteiger partial charge < -0.3 is 9.64 Å². The highest BCUT2D eigenvalue weighted by molar-refractivity contribution is 6.13. The van der Waals surface area contributed by atoms with E-state index in [4.69, 9.17) is 9.73 Å². The molecular weight excluding hydrogens is 545 g/mol. The van der Waals surface area contributed by atoms with E-state index in [2.05, 4.69) is 89.5 Å². The van der Waals surface area contributed by atoms with Gasteiger partial charge in [-0.2, -0.15) is 0 Å². The zero-order valence-corrected chi connectivity index (χ0v) is 25.2. The molecule has 1 saturated heterocycles. The Hall–Kier alpha value is -4.32. The van der Waals surface area contributed by atoms with Gasteiger partial charge in [0.1, 0.15) is 5.82 Å². The maximum atomic E-state index is 13.8. The summed E-state index contributed by atoms with van der Waals surface area (Å²) in [6.45, 7) is 6.94. The molecule has 0 bridgehead atoms. The van der Waals surface area contributed by atoms with Crippen LogP contribution in [0.3, 0.4) is 0 Å². The van der Waals surface area contributed by atoms with Gasteiger partial charge in [-0.25, -0.2) is 9.38 Å². The molecule has 4 nitrogen and oxygen atoms in total. The average Bonchev–Trinajstić information content (AvgIpc) is 3.07. The number of fused-ring (bicyclic) bond motifs is 2. The van der Waals surface area contributed by atoms with Crippen molar-refractivity contribution < 1.29 is 9.13 Å². The molecule has 1 fully saturated rings. The summed E-state index contributed by atoms with van der Waals surface area (Å²) in [7, 11) is 0. The van der Waals surface area contributed by atoms with Gasteiger partial charge in [-0.1, -0.05) is 78.9 Å². The second-order valence-corrected chi connectivity index (χ2v) is 11.9. The highest BCUT2D eigenvalue weighted by atomic mass is 19.1. The van der Waals surface area contributed by atoms with E-state index in [0.717, 1.165) is 78.9 Å². The summed E-state index contributed by atoms with van der Waals surface area (Å²) in [6, 6.07) is 39.2. The third kappa shape index (κ3) is 6.03. The molecule has 0 radical (unpaired) electrons. The minimum absolute atomic E-state index is 0.0951. The molecule has 2 heterocycles. The molecule has 7 rings (SSSR count). The predicted octanol–water partition coefficient (Wildman–Crippen LogP) is 8.36. The van der Waals surface area contributed by atoms with Crippen LogP contribution in [0.2, 0.25) is 0 Å². The molecule has 222 valence electrons. The number of ether oxygens (including phenoxy) is 1. The van der Waals surface area contributed by atoms with Crippen molar-refractivity contribution in [1.82, 2.24) is 4.90 Å². The maximum Gasteiger partial charge on any atom is 0.123 e. The van der Waals surface area contributed by atoms with Crippen LogP contribution in [0, 0.1) is 5.82 Å². The van der Waals surface area contributed by atoms with Crippen LogP contribution in [0.1, 0.15) is 41.7 Å². The van der Waals surface area contributed by atoms with Gasteiger partial charge >= 0.3 is 0 Å². The van der Waals surface area contributed by atoms with Crippen LogP contribution in [0.25, 0.3) is 10.8 Å². The van der Waals surface area contributed by atoms with Crippen LogP contribution in [-0.2, 0) is 11.2 Å². The molecule has 0 spiro atoms. The van der Waals surface area contributed by atoms with Crippen LogP contribution >= 0.6 is 0 Å². The smallest absolute Gasteiger partial charge is 0.123 e. The fraction of sp³-hybridized carbons (Fsp3) is 0.256. The van der Waals surface area contributed by atoms with Gasteiger partial charge in [0.2, 0.25) is 0 Å². The monoisotopic (exact) mass is 583 g/mol. The predicted molar refractivity (Wildman–Crippen MR) is 179 cm³/mol.